The summed E-state index contributed by atoms with van der Waals surface area (Å²) in [4.78, 5) is 6.84. The number of para-hydroxylation sites is 1. The van der Waals surface area contributed by atoms with Crippen LogP contribution in [0.3, 0.4) is 0 Å². The van der Waals surface area contributed by atoms with E-state index in [9.17, 15) is 0 Å². The number of methoxy groups -OCH3 is 1. The molecule has 1 fully saturated rings. The number of hydrogen-bond donors (Lipinski definition) is 1. The van der Waals surface area contributed by atoms with E-state index in [0.29, 0.717) is 5.11 Å². The van der Waals surface area contributed by atoms with Gasteiger partial charge < -0.3 is 19.5 Å². The van der Waals surface area contributed by atoms with E-state index in [1.54, 1.807) is 7.11 Å². The van der Waals surface area contributed by atoms with Crippen molar-refractivity contribution in [3.8, 4) is 11.4 Å². The topological polar surface area (TPSA) is 42.3 Å². The van der Waals surface area contributed by atoms with Crippen LogP contribution in [-0.4, -0.2) is 21.8 Å². The molecule has 0 bridgehead atoms. The van der Waals surface area contributed by atoms with Gasteiger partial charge in [0.15, 0.2) is 5.11 Å². The van der Waals surface area contributed by atoms with Crippen LogP contribution in [0.4, 0.5) is 5.69 Å². The molecule has 6 heteroatoms. The summed E-state index contributed by atoms with van der Waals surface area (Å²) >= 11 is 5.85. The molecule has 1 aliphatic heterocycles. The largest absolute Gasteiger partial charge is 0.497 e. The number of thiocarbonyl (C=S) groups is 1. The summed E-state index contributed by atoms with van der Waals surface area (Å²) in [6.07, 6.45) is 1.83. The maximum atomic E-state index is 5.85. The van der Waals surface area contributed by atoms with Crippen LogP contribution in [0.2, 0.25) is 0 Å². The van der Waals surface area contributed by atoms with Gasteiger partial charge in [-0.2, -0.15) is 0 Å². The number of nitrogens with zero attached hydrogens (tertiary/aromatic N) is 3. The Bertz CT molecular complexity index is 1220. The van der Waals surface area contributed by atoms with Crippen LogP contribution < -0.4 is 15.0 Å². The van der Waals surface area contributed by atoms with E-state index in [2.05, 4.69) is 63.1 Å². The van der Waals surface area contributed by atoms with Crippen molar-refractivity contribution in [2.24, 2.45) is 0 Å². The van der Waals surface area contributed by atoms with Crippen LogP contribution in [0.5, 0.6) is 5.75 Å². The Morgan fingerprint density at radius 3 is 2.31 bits per heavy atom. The lowest BCUT2D eigenvalue weighted by atomic mass is 10.0. The third kappa shape index (κ3) is 3.52. The van der Waals surface area contributed by atoms with E-state index >= 15 is 0 Å². The van der Waals surface area contributed by atoms with Gasteiger partial charge in [-0.3, -0.25) is 4.98 Å². The Morgan fingerprint density at radius 2 is 1.62 bits per heavy atom. The molecule has 0 radical (unpaired) electrons. The molecule has 2 aromatic carbocycles. The summed E-state index contributed by atoms with van der Waals surface area (Å²) < 4.78 is 7.66. The van der Waals surface area contributed by atoms with Gasteiger partial charge in [-0.05, 0) is 79.8 Å². The van der Waals surface area contributed by atoms with Gasteiger partial charge in [0.2, 0.25) is 0 Å². The van der Waals surface area contributed by atoms with E-state index in [0.717, 1.165) is 28.5 Å². The fraction of sp³-hybridized carbons (Fsp3) is 0.154. The highest BCUT2D eigenvalue weighted by molar-refractivity contribution is 7.80. The first-order valence-electron chi connectivity index (χ1n) is 10.6. The average Bonchev–Trinajstić information content (AvgIpc) is 3.39. The summed E-state index contributed by atoms with van der Waals surface area (Å²) in [5.41, 5.74) is 5.39. The van der Waals surface area contributed by atoms with Gasteiger partial charge in [0.25, 0.3) is 0 Å². The smallest absolute Gasteiger partial charge is 0.174 e. The Balaban J connectivity index is 1.68. The van der Waals surface area contributed by atoms with Gasteiger partial charge in [-0.15, -0.1) is 0 Å². The first-order valence-corrected chi connectivity index (χ1v) is 11.0. The minimum atomic E-state index is -0.0948. The Kier molecular flexibility index (Phi) is 5.37. The predicted octanol–water partition coefficient (Wildman–Crippen LogP) is 5.37. The van der Waals surface area contributed by atoms with Crippen molar-refractivity contribution in [3.63, 3.8) is 0 Å². The third-order valence-corrected chi connectivity index (χ3v) is 6.19. The normalized spacial score (nSPS) is 17.9. The summed E-state index contributed by atoms with van der Waals surface area (Å²) in [7, 11) is 1.67. The fourth-order valence-electron chi connectivity index (χ4n) is 4.40. The molecule has 0 amide bonds. The lowest BCUT2D eigenvalue weighted by Gasteiger charge is -2.29. The minimum Gasteiger partial charge on any atom is -0.497 e. The van der Waals surface area contributed by atoms with Crippen molar-refractivity contribution in [1.29, 1.82) is 0 Å². The zero-order chi connectivity index (χ0) is 22.1. The molecule has 1 saturated heterocycles. The molecule has 4 aromatic rings. The summed E-state index contributed by atoms with van der Waals surface area (Å²) in [5.74, 6) is 0.813. The van der Waals surface area contributed by atoms with Gasteiger partial charge >= 0.3 is 0 Å². The molecule has 2 aromatic heterocycles. The molecule has 32 heavy (non-hydrogen) atoms. The number of aromatic nitrogens is 2. The number of pyridine rings is 1. The number of rotatable bonds is 5. The van der Waals surface area contributed by atoms with Crippen molar-refractivity contribution >= 4 is 23.0 Å². The molecule has 2 atom stereocenters. The first kappa shape index (κ1) is 20.3. The van der Waals surface area contributed by atoms with Crippen LogP contribution >= 0.6 is 12.2 Å². The Hall–Kier alpha value is -3.64. The SMILES string of the molecule is COc1ccc(N2C(=S)N[C@@H](c3ccccn3)[C@@H]2c2ccc(C)n2-c2ccccc2)cc1. The van der Waals surface area contributed by atoms with Crippen molar-refractivity contribution in [1.82, 2.24) is 14.9 Å². The molecule has 160 valence electrons. The van der Waals surface area contributed by atoms with Gasteiger partial charge in [-0.1, -0.05) is 24.3 Å². The quantitative estimate of drug-likeness (QED) is 0.423. The second-order valence-corrected chi connectivity index (χ2v) is 8.15. The van der Waals surface area contributed by atoms with Crippen LogP contribution in [0.15, 0.2) is 91.1 Å². The predicted molar refractivity (Wildman–Crippen MR) is 131 cm³/mol. The van der Waals surface area contributed by atoms with E-state index in [1.165, 1.54) is 5.69 Å². The van der Waals surface area contributed by atoms with Crippen LogP contribution in [0.1, 0.15) is 29.2 Å². The van der Waals surface area contributed by atoms with Gasteiger partial charge in [0.1, 0.15) is 11.8 Å². The van der Waals surface area contributed by atoms with Crippen molar-refractivity contribution in [3.05, 3.63) is 108 Å². The Morgan fingerprint density at radius 1 is 0.875 bits per heavy atom. The second kappa shape index (κ2) is 8.48. The molecule has 0 saturated carbocycles. The molecule has 3 heterocycles. The number of anilines is 1. The van der Waals surface area contributed by atoms with Crippen LogP contribution in [0, 0.1) is 6.92 Å². The monoisotopic (exact) mass is 440 g/mol. The van der Waals surface area contributed by atoms with Gasteiger partial charge in [-0.25, -0.2) is 0 Å². The third-order valence-electron chi connectivity index (χ3n) is 5.87. The molecule has 0 aliphatic carbocycles. The molecule has 0 unspecified atom stereocenters. The lowest BCUT2D eigenvalue weighted by molar-refractivity contribution is 0.415. The van der Waals surface area contributed by atoms with Crippen molar-refractivity contribution in [2.45, 2.75) is 19.0 Å². The van der Waals surface area contributed by atoms with Crippen LogP contribution in [0.25, 0.3) is 5.69 Å². The van der Waals surface area contributed by atoms with E-state index in [4.69, 9.17) is 17.0 Å². The first-order chi connectivity index (χ1) is 15.7. The highest BCUT2D eigenvalue weighted by Crippen LogP contribution is 2.43. The lowest BCUT2D eigenvalue weighted by Crippen LogP contribution is -2.30. The highest BCUT2D eigenvalue weighted by Gasteiger charge is 2.42. The van der Waals surface area contributed by atoms with Crippen LogP contribution in [-0.2, 0) is 0 Å². The van der Waals surface area contributed by atoms with Gasteiger partial charge in [0.05, 0.1) is 18.8 Å². The second-order valence-electron chi connectivity index (χ2n) is 7.77. The summed E-state index contributed by atoms with van der Waals surface area (Å²) in [6.45, 7) is 2.13. The summed E-state index contributed by atoms with van der Waals surface area (Å²) in [5, 5.41) is 4.21. The van der Waals surface area contributed by atoms with E-state index < -0.39 is 0 Å². The average molecular weight is 441 g/mol. The number of nitrogens with one attached hydrogen (secondary N) is 1. The molecule has 5 rings (SSSR count). The number of aryl methyl sites for hydroxylation is 1. The fourth-order valence-corrected chi connectivity index (χ4v) is 4.74. The molecule has 5 nitrogen and oxygen atoms in total. The maximum absolute atomic E-state index is 5.85. The number of ether oxygens (including phenoxy) is 1. The van der Waals surface area contributed by atoms with Crippen molar-refractivity contribution in [2.75, 3.05) is 12.0 Å². The molecule has 1 aliphatic rings. The molecular formula is C26H24N4OS. The van der Waals surface area contributed by atoms with Crippen molar-refractivity contribution < 1.29 is 4.74 Å². The maximum Gasteiger partial charge on any atom is 0.174 e. The number of hydrogen-bond acceptors (Lipinski definition) is 3. The minimum absolute atomic E-state index is 0.0836. The zero-order valence-corrected chi connectivity index (χ0v) is 18.8. The highest BCUT2D eigenvalue weighted by atomic mass is 32.1. The van der Waals surface area contributed by atoms with E-state index in [-0.39, 0.29) is 12.1 Å². The molecule has 0 spiro atoms. The summed E-state index contributed by atoms with van der Waals surface area (Å²) in [6, 6.07) is 28.6. The Labute approximate surface area is 193 Å². The molecule has 1 N–H and O–H groups in total. The van der Waals surface area contributed by atoms with E-state index in [1.807, 2.05) is 54.7 Å². The van der Waals surface area contributed by atoms with Gasteiger partial charge in [0, 0.05) is 29.0 Å². The number of benzene rings is 2. The standard InChI is InChI=1S/C26H24N4OS/c1-18-11-16-23(29(18)19-8-4-3-5-9-19)25-24(22-10-6-7-17-27-22)28-26(32)30(25)20-12-14-21(31-2)15-13-20/h3-17,24-25H,1-2H3,(H,28,32)/t24-,25-/m0/s1. The molecular weight excluding hydrogens is 416 g/mol. The zero-order valence-electron chi connectivity index (χ0n) is 18.0.